The molecule has 0 radical (unpaired) electrons. The number of sulfone groups is 1. The highest BCUT2D eigenvalue weighted by Crippen LogP contribution is 2.15. The molecule has 0 aromatic heterocycles. The van der Waals surface area contributed by atoms with E-state index in [0.717, 1.165) is 0 Å². The first kappa shape index (κ1) is 12.7. The largest absolute Gasteiger partial charge is 0.492 e. The molecule has 0 saturated carbocycles. The number of ether oxygens (including phenoxy) is 1. The van der Waals surface area contributed by atoms with Crippen molar-refractivity contribution in [1.82, 2.24) is 0 Å². The van der Waals surface area contributed by atoms with Crippen molar-refractivity contribution in [3.63, 3.8) is 0 Å². The second-order valence-corrected chi connectivity index (χ2v) is 5.71. The van der Waals surface area contributed by atoms with Gasteiger partial charge in [0.1, 0.15) is 12.4 Å². The summed E-state index contributed by atoms with van der Waals surface area (Å²) in [4.78, 5) is 10.6. The van der Waals surface area contributed by atoms with Gasteiger partial charge in [0, 0.05) is 5.75 Å². The van der Waals surface area contributed by atoms with E-state index >= 15 is 0 Å². The van der Waals surface area contributed by atoms with Gasteiger partial charge in [-0.15, -0.1) is 0 Å². The fraction of sp³-hybridized carbons (Fsp3) is 0.364. The average molecular weight is 242 g/mol. The second-order valence-electron chi connectivity index (χ2n) is 3.24. The minimum absolute atomic E-state index is 0.0311. The summed E-state index contributed by atoms with van der Waals surface area (Å²) < 4.78 is 27.6. The molecule has 16 heavy (non-hydrogen) atoms. The molecule has 0 saturated heterocycles. The average Bonchev–Trinajstić information content (AvgIpc) is 2.29. The Balaban J connectivity index is 2.59. The first-order valence-electron chi connectivity index (χ1n) is 4.96. The zero-order valence-corrected chi connectivity index (χ0v) is 9.87. The normalized spacial score (nSPS) is 11.1. The van der Waals surface area contributed by atoms with Crippen LogP contribution in [0, 0.1) is 0 Å². The highest BCUT2D eigenvalue weighted by molar-refractivity contribution is 7.91. The lowest BCUT2D eigenvalue weighted by Crippen LogP contribution is -2.15. The molecule has 0 aliphatic carbocycles. The molecule has 0 aliphatic rings. The molecule has 0 spiro atoms. The predicted molar refractivity (Wildman–Crippen MR) is 61.7 cm³/mol. The third kappa shape index (κ3) is 3.66. The molecular formula is C11H14O4S. The lowest BCUT2D eigenvalue weighted by molar-refractivity contribution is 0.112. The van der Waals surface area contributed by atoms with E-state index in [4.69, 9.17) is 4.74 Å². The summed E-state index contributed by atoms with van der Waals surface area (Å²) in [7, 11) is -3.02. The molecular weight excluding hydrogens is 228 g/mol. The molecule has 5 heteroatoms. The van der Waals surface area contributed by atoms with Crippen LogP contribution in [0.4, 0.5) is 0 Å². The molecule has 4 nitrogen and oxygen atoms in total. The van der Waals surface area contributed by atoms with Crippen LogP contribution in [-0.4, -0.2) is 32.8 Å². The maximum absolute atomic E-state index is 11.2. The maximum Gasteiger partial charge on any atom is 0.153 e. The highest BCUT2D eigenvalue weighted by atomic mass is 32.2. The van der Waals surface area contributed by atoms with Crippen molar-refractivity contribution in [2.45, 2.75) is 6.92 Å². The Kier molecular flexibility index (Phi) is 4.49. The fourth-order valence-corrected chi connectivity index (χ4v) is 1.76. The quantitative estimate of drug-likeness (QED) is 0.706. The summed E-state index contributed by atoms with van der Waals surface area (Å²) >= 11 is 0. The summed E-state index contributed by atoms with van der Waals surface area (Å²) in [6.07, 6.45) is 0.684. The highest BCUT2D eigenvalue weighted by Gasteiger charge is 2.08. The number of benzene rings is 1. The molecule has 1 aromatic carbocycles. The summed E-state index contributed by atoms with van der Waals surface area (Å²) in [5.41, 5.74) is 0.427. The molecule has 0 heterocycles. The van der Waals surface area contributed by atoms with Gasteiger partial charge in [0.25, 0.3) is 0 Å². The van der Waals surface area contributed by atoms with Crippen LogP contribution in [0.5, 0.6) is 5.75 Å². The monoisotopic (exact) mass is 242 g/mol. The van der Waals surface area contributed by atoms with Gasteiger partial charge in [0.15, 0.2) is 16.1 Å². The Hall–Kier alpha value is -1.36. The van der Waals surface area contributed by atoms with Gasteiger partial charge in [-0.2, -0.15) is 0 Å². The number of carbonyl (C=O) groups is 1. The fourth-order valence-electron chi connectivity index (χ4n) is 1.13. The van der Waals surface area contributed by atoms with Crippen LogP contribution >= 0.6 is 0 Å². The Morgan fingerprint density at radius 3 is 2.62 bits per heavy atom. The van der Waals surface area contributed by atoms with E-state index in [1.165, 1.54) is 0 Å². The van der Waals surface area contributed by atoms with E-state index in [-0.39, 0.29) is 18.1 Å². The van der Waals surface area contributed by atoms with E-state index in [1.54, 1.807) is 31.2 Å². The van der Waals surface area contributed by atoms with Crippen molar-refractivity contribution in [3.8, 4) is 5.75 Å². The first-order chi connectivity index (χ1) is 7.59. The molecule has 1 rings (SSSR count). The minimum Gasteiger partial charge on any atom is -0.492 e. The van der Waals surface area contributed by atoms with Crippen LogP contribution in [0.15, 0.2) is 24.3 Å². The van der Waals surface area contributed by atoms with E-state index in [2.05, 4.69) is 0 Å². The van der Waals surface area contributed by atoms with Gasteiger partial charge in [-0.05, 0) is 12.1 Å². The Morgan fingerprint density at radius 1 is 1.31 bits per heavy atom. The van der Waals surface area contributed by atoms with E-state index < -0.39 is 9.84 Å². The molecule has 0 N–H and O–H groups in total. The van der Waals surface area contributed by atoms with Crippen LogP contribution in [0.1, 0.15) is 17.3 Å². The third-order valence-electron chi connectivity index (χ3n) is 2.14. The Bertz CT molecular complexity index is 451. The summed E-state index contributed by atoms with van der Waals surface area (Å²) in [6, 6.07) is 6.72. The zero-order chi connectivity index (χ0) is 12.0. The van der Waals surface area contributed by atoms with Crippen molar-refractivity contribution < 1.29 is 17.9 Å². The summed E-state index contributed by atoms with van der Waals surface area (Å²) in [5.74, 6) is 0.492. The van der Waals surface area contributed by atoms with Gasteiger partial charge in [-0.3, -0.25) is 4.79 Å². The number of para-hydroxylation sites is 1. The zero-order valence-electron chi connectivity index (χ0n) is 9.05. The minimum atomic E-state index is -3.02. The summed E-state index contributed by atoms with van der Waals surface area (Å²) in [5, 5.41) is 0. The summed E-state index contributed by atoms with van der Waals surface area (Å²) in [6.45, 7) is 1.66. The Labute approximate surface area is 95.2 Å². The van der Waals surface area contributed by atoms with Crippen molar-refractivity contribution >= 4 is 16.1 Å². The third-order valence-corrected chi connectivity index (χ3v) is 3.81. The molecule has 0 bridgehead atoms. The smallest absolute Gasteiger partial charge is 0.153 e. The van der Waals surface area contributed by atoms with Crippen LogP contribution in [0.2, 0.25) is 0 Å². The van der Waals surface area contributed by atoms with Gasteiger partial charge < -0.3 is 4.74 Å². The number of hydrogen-bond donors (Lipinski definition) is 0. The van der Waals surface area contributed by atoms with Crippen LogP contribution in [0.3, 0.4) is 0 Å². The van der Waals surface area contributed by atoms with E-state index in [9.17, 15) is 13.2 Å². The topological polar surface area (TPSA) is 60.4 Å². The molecule has 0 aliphatic heterocycles. The van der Waals surface area contributed by atoms with Crippen molar-refractivity contribution in [3.05, 3.63) is 29.8 Å². The Morgan fingerprint density at radius 2 is 2.00 bits per heavy atom. The van der Waals surface area contributed by atoms with Crippen molar-refractivity contribution in [2.75, 3.05) is 18.1 Å². The molecule has 1 aromatic rings. The number of hydrogen-bond acceptors (Lipinski definition) is 4. The molecule has 88 valence electrons. The van der Waals surface area contributed by atoms with Gasteiger partial charge >= 0.3 is 0 Å². The van der Waals surface area contributed by atoms with Crippen molar-refractivity contribution in [1.29, 1.82) is 0 Å². The van der Waals surface area contributed by atoms with E-state index in [0.29, 0.717) is 17.6 Å². The van der Waals surface area contributed by atoms with Crippen LogP contribution < -0.4 is 4.74 Å². The van der Waals surface area contributed by atoms with Crippen molar-refractivity contribution in [2.24, 2.45) is 0 Å². The number of rotatable bonds is 6. The lowest BCUT2D eigenvalue weighted by Gasteiger charge is -2.07. The predicted octanol–water partition coefficient (Wildman–Crippen LogP) is 1.31. The lowest BCUT2D eigenvalue weighted by atomic mass is 10.2. The first-order valence-corrected chi connectivity index (χ1v) is 6.78. The van der Waals surface area contributed by atoms with Gasteiger partial charge in [-0.25, -0.2) is 8.42 Å². The molecule has 0 amide bonds. The standard InChI is InChI=1S/C11H14O4S/c1-2-16(13,14)8-7-15-11-6-4-3-5-10(11)9-12/h3-6,9H,2,7-8H2,1H3. The number of aldehydes is 1. The maximum atomic E-state index is 11.2. The number of carbonyl (C=O) groups excluding carboxylic acids is 1. The molecule has 0 atom stereocenters. The molecule has 0 unspecified atom stereocenters. The molecule has 0 fully saturated rings. The van der Waals surface area contributed by atoms with Gasteiger partial charge in [-0.1, -0.05) is 19.1 Å². The van der Waals surface area contributed by atoms with E-state index in [1.807, 2.05) is 0 Å². The SMILES string of the molecule is CCS(=O)(=O)CCOc1ccccc1C=O. The van der Waals surface area contributed by atoms with Gasteiger partial charge in [0.2, 0.25) is 0 Å². The van der Waals surface area contributed by atoms with Gasteiger partial charge in [0.05, 0.1) is 11.3 Å². The van der Waals surface area contributed by atoms with Crippen LogP contribution in [-0.2, 0) is 9.84 Å². The second kappa shape index (κ2) is 5.65. The van der Waals surface area contributed by atoms with Crippen LogP contribution in [0.25, 0.3) is 0 Å².